The predicted molar refractivity (Wildman–Crippen MR) is 76.3 cm³/mol. The zero-order valence-electron chi connectivity index (χ0n) is 11.0. The lowest BCUT2D eigenvalue weighted by atomic mass is 10.1. The fourth-order valence-electron chi connectivity index (χ4n) is 1.82. The molecule has 0 aromatic heterocycles. The van der Waals surface area contributed by atoms with Gasteiger partial charge in [-0.15, -0.1) is 0 Å². The maximum Gasteiger partial charge on any atom is 0.274 e. The van der Waals surface area contributed by atoms with Crippen molar-refractivity contribution in [2.75, 3.05) is 5.32 Å². The molecule has 2 aromatic rings. The highest BCUT2D eigenvalue weighted by molar-refractivity contribution is 5.55. The van der Waals surface area contributed by atoms with Gasteiger partial charge in [-0.2, -0.15) is 5.26 Å². The zero-order chi connectivity index (χ0) is 14.5. The van der Waals surface area contributed by atoms with Crippen molar-refractivity contribution in [3.05, 3.63) is 69.3 Å². The summed E-state index contributed by atoms with van der Waals surface area (Å²) in [6, 6.07) is 14.3. The van der Waals surface area contributed by atoms with Crippen molar-refractivity contribution >= 4 is 11.4 Å². The smallest absolute Gasteiger partial charge is 0.274 e. The van der Waals surface area contributed by atoms with Crippen LogP contribution in [0.2, 0.25) is 0 Å². The van der Waals surface area contributed by atoms with Gasteiger partial charge in [0.05, 0.1) is 16.6 Å². The van der Waals surface area contributed by atoms with Crippen LogP contribution in [0.3, 0.4) is 0 Å². The molecule has 0 bridgehead atoms. The second-order valence-electron chi connectivity index (χ2n) is 4.42. The maximum absolute atomic E-state index is 10.9. The Morgan fingerprint density at radius 3 is 2.55 bits per heavy atom. The van der Waals surface area contributed by atoms with Crippen molar-refractivity contribution in [2.45, 2.75) is 13.5 Å². The molecule has 1 N–H and O–H groups in total. The molecule has 0 atom stereocenters. The number of nitrogens with zero attached hydrogens (tertiary/aromatic N) is 2. The normalized spacial score (nSPS) is 9.80. The van der Waals surface area contributed by atoms with Gasteiger partial charge >= 0.3 is 0 Å². The van der Waals surface area contributed by atoms with Crippen LogP contribution in [0.25, 0.3) is 0 Å². The first-order chi connectivity index (χ1) is 9.60. The van der Waals surface area contributed by atoms with Crippen molar-refractivity contribution in [3.63, 3.8) is 0 Å². The molecule has 0 aliphatic heterocycles. The van der Waals surface area contributed by atoms with Crippen LogP contribution in [0.5, 0.6) is 0 Å². The van der Waals surface area contributed by atoms with Gasteiger partial charge in [-0.1, -0.05) is 18.2 Å². The van der Waals surface area contributed by atoms with Gasteiger partial charge in [0, 0.05) is 23.9 Å². The van der Waals surface area contributed by atoms with Gasteiger partial charge in [0.25, 0.3) is 5.69 Å². The minimum atomic E-state index is -0.387. The van der Waals surface area contributed by atoms with Crippen molar-refractivity contribution in [1.29, 1.82) is 5.26 Å². The van der Waals surface area contributed by atoms with E-state index in [2.05, 4.69) is 11.4 Å². The summed E-state index contributed by atoms with van der Waals surface area (Å²) >= 11 is 0. The first kappa shape index (κ1) is 13.6. The molecule has 2 rings (SSSR count). The molecule has 0 heterocycles. The number of hydrogen-bond acceptors (Lipinski definition) is 4. The molecule has 5 heteroatoms. The summed E-state index contributed by atoms with van der Waals surface area (Å²) in [5, 5.41) is 22.7. The average Bonchev–Trinajstić information content (AvgIpc) is 2.46. The Hall–Kier alpha value is -2.87. The van der Waals surface area contributed by atoms with E-state index in [-0.39, 0.29) is 10.6 Å². The van der Waals surface area contributed by atoms with Gasteiger partial charge in [0.2, 0.25) is 0 Å². The Bertz CT molecular complexity index is 673. The highest BCUT2D eigenvalue weighted by atomic mass is 16.6. The van der Waals surface area contributed by atoms with Crippen LogP contribution in [0, 0.1) is 28.4 Å². The number of aryl methyl sites for hydroxylation is 1. The van der Waals surface area contributed by atoms with Crippen LogP contribution in [0.1, 0.15) is 16.7 Å². The lowest BCUT2D eigenvalue weighted by Gasteiger charge is -2.07. The summed E-state index contributed by atoms with van der Waals surface area (Å²) in [5.41, 5.74) is 3.06. The highest BCUT2D eigenvalue weighted by Gasteiger charge is 2.10. The largest absolute Gasteiger partial charge is 0.381 e. The molecule has 0 saturated carbocycles. The monoisotopic (exact) mass is 267 g/mol. The zero-order valence-corrected chi connectivity index (χ0v) is 11.0. The topological polar surface area (TPSA) is 79.0 Å². The van der Waals surface area contributed by atoms with E-state index in [1.807, 2.05) is 18.2 Å². The molecule has 0 unspecified atom stereocenters. The molecule has 0 spiro atoms. The van der Waals surface area contributed by atoms with Gasteiger partial charge in [-0.05, 0) is 30.7 Å². The minimum absolute atomic E-state index is 0.106. The van der Waals surface area contributed by atoms with E-state index in [1.54, 1.807) is 25.1 Å². The second-order valence-corrected chi connectivity index (χ2v) is 4.42. The van der Waals surface area contributed by atoms with Gasteiger partial charge in [0.1, 0.15) is 0 Å². The van der Waals surface area contributed by atoms with Crippen LogP contribution in [-0.2, 0) is 6.54 Å². The molecule has 20 heavy (non-hydrogen) atoms. The summed E-state index contributed by atoms with van der Waals surface area (Å²) in [4.78, 5) is 10.5. The number of nitro benzene ring substituents is 1. The Labute approximate surface area is 116 Å². The highest BCUT2D eigenvalue weighted by Crippen LogP contribution is 2.22. The summed E-state index contributed by atoms with van der Waals surface area (Å²) in [6.45, 7) is 2.26. The van der Waals surface area contributed by atoms with Crippen LogP contribution in [-0.4, -0.2) is 4.92 Å². The number of anilines is 1. The molecule has 0 aliphatic rings. The Morgan fingerprint density at radius 2 is 1.95 bits per heavy atom. The molecule has 5 nitrogen and oxygen atoms in total. The quantitative estimate of drug-likeness (QED) is 0.680. The lowest BCUT2D eigenvalue weighted by Crippen LogP contribution is -2.00. The van der Waals surface area contributed by atoms with Crippen LogP contribution in [0.4, 0.5) is 11.4 Å². The number of hydrogen-bond donors (Lipinski definition) is 1. The lowest BCUT2D eigenvalue weighted by molar-refractivity contribution is -0.385. The SMILES string of the molecule is Cc1ccc(NCc2ccc(C#N)cc2)cc1[N+](=O)[O-]. The fraction of sp³-hybridized carbons (Fsp3) is 0.133. The second kappa shape index (κ2) is 5.85. The Balaban J connectivity index is 2.09. The third-order valence-corrected chi connectivity index (χ3v) is 2.99. The number of rotatable bonds is 4. The van der Waals surface area contributed by atoms with E-state index in [1.165, 1.54) is 6.07 Å². The van der Waals surface area contributed by atoms with Crippen LogP contribution < -0.4 is 5.32 Å². The van der Waals surface area contributed by atoms with E-state index in [9.17, 15) is 10.1 Å². The van der Waals surface area contributed by atoms with E-state index < -0.39 is 0 Å². The first-order valence-electron chi connectivity index (χ1n) is 6.08. The summed E-state index contributed by atoms with van der Waals surface area (Å²) in [7, 11) is 0. The summed E-state index contributed by atoms with van der Waals surface area (Å²) in [5.74, 6) is 0. The Morgan fingerprint density at radius 1 is 1.25 bits per heavy atom. The van der Waals surface area contributed by atoms with Gasteiger partial charge in [-0.25, -0.2) is 0 Å². The first-order valence-corrected chi connectivity index (χ1v) is 6.08. The third-order valence-electron chi connectivity index (χ3n) is 2.99. The minimum Gasteiger partial charge on any atom is -0.381 e. The summed E-state index contributed by atoms with van der Waals surface area (Å²) in [6.07, 6.45) is 0. The number of benzene rings is 2. The average molecular weight is 267 g/mol. The standard InChI is InChI=1S/C15H13N3O2/c1-11-2-7-14(8-15(11)18(19)20)17-10-13-5-3-12(9-16)4-6-13/h2-8,17H,10H2,1H3. The van der Waals surface area contributed by atoms with E-state index in [4.69, 9.17) is 5.26 Å². The number of nitrogens with one attached hydrogen (secondary N) is 1. The molecule has 0 radical (unpaired) electrons. The number of nitro groups is 1. The van der Waals surface area contributed by atoms with Gasteiger partial charge in [0.15, 0.2) is 0 Å². The molecular weight excluding hydrogens is 254 g/mol. The molecule has 0 aliphatic carbocycles. The van der Waals surface area contributed by atoms with Crippen LogP contribution in [0.15, 0.2) is 42.5 Å². The van der Waals surface area contributed by atoms with Crippen molar-refractivity contribution < 1.29 is 4.92 Å². The van der Waals surface area contributed by atoms with E-state index in [0.29, 0.717) is 23.4 Å². The number of nitriles is 1. The van der Waals surface area contributed by atoms with Crippen molar-refractivity contribution in [1.82, 2.24) is 0 Å². The van der Waals surface area contributed by atoms with E-state index >= 15 is 0 Å². The fourth-order valence-corrected chi connectivity index (χ4v) is 1.82. The third kappa shape index (κ3) is 3.12. The van der Waals surface area contributed by atoms with Gasteiger partial charge < -0.3 is 5.32 Å². The maximum atomic E-state index is 10.9. The summed E-state index contributed by atoms with van der Waals surface area (Å²) < 4.78 is 0. The molecule has 0 amide bonds. The Kier molecular flexibility index (Phi) is 3.96. The van der Waals surface area contributed by atoms with Gasteiger partial charge in [-0.3, -0.25) is 10.1 Å². The molecular formula is C15H13N3O2. The molecule has 0 saturated heterocycles. The molecule has 2 aromatic carbocycles. The molecule has 0 fully saturated rings. The van der Waals surface area contributed by atoms with Crippen molar-refractivity contribution in [3.8, 4) is 6.07 Å². The molecule has 100 valence electrons. The predicted octanol–water partition coefficient (Wildman–Crippen LogP) is 3.39. The van der Waals surface area contributed by atoms with E-state index in [0.717, 1.165) is 5.56 Å². The van der Waals surface area contributed by atoms with Crippen LogP contribution >= 0.6 is 0 Å². The van der Waals surface area contributed by atoms with Crippen molar-refractivity contribution in [2.24, 2.45) is 0 Å².